The van der Waals surface area contributed by atoms with Crippen LogP contribution >= 0.6 is 0 Å². The molecule has 4 aromatic carbocycles. The molecule has 0 saturated heterocycles. The quantitative estimate of drug-likeness (QED) is 0.137. The first-order valence-corrected chi connectivity index (χ1v) is 18.1. The molecule has 0 unspecified atom stereocenters. The molecule has 1 aliphatic heterocycles. The number of amides is 3. The Morgan fingerprint density at radius 1 is 0.863 bits per heavy atom. The highest BCUT2D eigenvalue weighted by molar-refractivity contribution is 6.01. The number of nitrogens with one attached hydrogen (secondary N) is 1. The SMILES string of the molecule is CCCCN(CCCC)C(=O)c1cc(C)n(-c2ccc(NC(=O)Cc3ccc4ccccc4c3)cc2C(=O)N2Cc3ccccc3C[C@H]2CO)n1. The number of carbonyl (C=O) groups excluding carboxylic acids is 3. The van der Waals surface area contributed by atoms with Crippen LogP contribution in [0.1, 0.15) is 82.8 Å². The van der Waals surface area contributed by atoms with Crippen LogP contribution in [-0.4, -0.2) is 68.1 Å². The lowest BCUT2D eigenvalue weighted by atomic mass is 9.93. The van der Waals surface area contributed by atoms with Gasteiger partial charge in [0.15, 0.2) is 5.69 Å². The first kappa shape index (κ1) is 35.5. The average Bonchev–Trinajstić information content (AvgIpc) is 3.54. The van der Waals surface area contributed by atoms with Gasteiger partial charge in [-0.1, -0.05) is 93.4 Å². The second kappa shape index (κ2) is 16.2. The molecule has 0 saturated carbocycles. The van der Waals surface area contributed by atoms with Crippen LogP contribution in [0.3, 0.4) is 0 Å². The van der Waals surface area contributed by atoms with Crippen LogP contribution in [0.15, 0.2) is 91.0 Å². The molecule has 0 spiro atoms. The highest BCUT2D eigenvalue weighted by Crippen LogP contribution is 2.29. The number of rotatable bonds is 13. The van der Waals surface area contributed by atoms with Gasteiger partial charge >= 0.3 is 0 Å². The summed E-state index contributed by atoms with van der Waals surface area (Å²) in [5.74, 6) is -0.629. The molecule has 264 valence electrons. The molecule has 2 N–H and O–H groups in total. The molecule has 1 aromatic heterocycles. The fourth-order valence-corrected chi connectivity index (χ4v) is 6.85. The zero-order chi connectivity index (χ0) is 35.9. The van der Waals surface area contributed by atoms with Crippen molar-refractivity contribution in [2.75, 3.05) is 25.0 Å². The predicted octanol–water partition coefficient (Wildman–Crippen LogP) is 7.12. The molecule has 1 aliphatic rings. The summed E-state index contributed by atoms with van der Waals surface area (Å²) in [5, 5.41) is 20.4. The van der Waals surface area contributed by atoms with E-state index in [1.165, 1.54) is 0 Å². The predicted molar refractivity (Wildman–Crippen MR) is 201 cm³/mol. The molecule has 0 bridgehead atoms. The number of aryl methyl sites for hydroxylation is 1. The zero-order valence-electron chi connectivity index (χ0n) is 29.8. The molecular formula is C42H47N5O4. The summed E-state index contributed by atoms with van der Waals surface area (Å²) in [4.78, 5) is 45.2. The van der Waals surface area contributed by atoms with Crippen LogP contribution in [0.4, 0.5) is 5.69 Å². The molecular weight excluding hydrogens is 638 g/mol. The van der Waals surface area contributed by atoms with E-state index in [9.17, 15) is 19.5 Å². The minimum Gasteiger partial charge on any atom is -0.394 e. The third-order valence-electron chi connectivity index (χ3n) is 9.70. The van der Waals surface area contributed by atoms with Crippen molar-refractivity contribution in [2.45, 2.75) is 71.9 Å². The van der Waals surface area contributed by atoms with Crippen molar-refractivity contribution in [3.05, 3.63) is 125 Å². The number of benzene rings is 4. The first-order chi connectivity index (χ1) is 24.8. The standard InChI is InChI=1S/C42H47N5O4/c1-4-6-20-45(21-7-5-2)42(51)38-22-29(3)47(44-38)39-19-18-35(43-40(49)24-30-16-17-31-12-8-9-13-32(31)23-30)26-37(39)41(50)46-27-34-15-11-10-14-33(34)25-36(46)28-48/h8-19,22-23,26,36,48H,4-7,20-21,24-25,27-28H2,1-3H3,(H,43,49)/t36-/m0/s1. The lowest BCUT2D eigenvalue weighted by Gasteiger charge is -2.36. The van der Waals surface area contributed by atoms with Gasteiger partial charge in [-0.05, 0) is 77.9 Å². The molecule has 2 heterocycles. The van der Waals surface area contributed by atoms with Crippen LogP contribution < -0.4 is 5.32 Å². The summed E-state index contributed by atoms with van der Waals surface area (Å²) in [6.07, 6.45) is 4.48. The van der Waals surface area contributed by atoms with E-state index in [0.717, 1.165) is 53.1 Å². The van der Waals surface area contributed by atoms with Gasteiger partial charge in [-0.3, -0.25) is 14.4 Å². The zero-order valence-corrected chi connectivity index (χ0v) is 29.8. The van der Waals surface area contributed by atoms with E-state index in [1.807, 2.05) is 78.6 Å². The number of aliphatic hydroxyl groups is 1. The Morgan fingerprint density at radius 2 is 1.57 bits per heavy atom. The summed E-state index contributed by atoms with van der Waals surface area (Å²) in [6, 6.07) is 28.5. The minimum absolute atomic E-state index is 0.128. The number of carbonyl (C=O) groups is 3. The Hall–Kier alpha value is -5.28. The maximum Gasteiger partial charge on any atom is 0.274 e. The lowest BCUT2D eigenvalue weighted by molar-refractivity contribution is -0.115. The Kier molecular flexibility index (Phi) is 11.3. The molecule has 6 rings (SSSR count). The third-order valence-corrected chi connectivity index (χ3v) is 9.70. The summed E-state index contributed by atoms with van der Waals surface area (Å²) < 4.78 is 1.64. The number of aliphatic hydroxyl groups excluding tert-OH is 1. The molecule has 3 amide bonds. The van der Waals surface area contributed by atoms with Crippen molar-refractivity contribution in [1.82, 2.24) is 19.6 Å². The minimum atomic E-state index is -0.423. The molecule has 0 fully saturated rings. The number of aromatic nitrogens is 2. The van der Waals surface area contributed by atoms with Gasteiger partial charge in [-0.25, -0.2) is 4.68 Å². The maximum absolute atomic E-state index is 14.6. The smallest absolute Gasteiger partial charge is 0.274 e. The molecule has 5 aromatic rings. The normalized spacial score (nSPS) is 14.0. The second-order valence-corrected chi connectivity index (χ2v) is 13.5. The van der Waals surface area contributed by atoms with E-state index in [2.05, 4.69) is 19.2 Å². The third kappa shape index (κ3) is 8.05. The lowest BCUT2D eigenvalue weighted by Crippen LogP contribution is -2.46. The summed E-state index contributed by atoms with van der Waals surface area (Å²) in [5.41, 5.74) is 5.32. The van der Waals surface area contributed by atoms with Crippen LogP contribution in [0.25, 0.3) is 16.5 Å². The van der Waals surface area contributed by atoms with Gasteiger partial charge < -0.3 is 20.2 Å². The average molecular weight is 686 g/mol. The Labute approximate surface area is 299 Å². The fraction of sp³-hybridized carbons (Fsp3) is 0.333. The number of unbranched alkanes of at least 4 members (excludes halogenated alkanes) is 2. The van der Waals surface area contributed by atoms with E-state index >= 15 is 0 Å². The molecule has 9 heteroatoms. The second-order valence-electron chi connectivity index (χ2n) is 13.5. The molecule has 9 nitrogen and oxygen atoms in total. The van der Waals surface area contributed by atoms with Crippen molar-refractivity contribution in [3.63, 3.8) is 0 Å². The Balaban J connectivity index is 1.34. The van der Waals surface area contributed by atoms with E-state index in [1.54, 1.807) is 33.8 Å². The largest absolute Gasteiger partial charge is 0.394 e. The maximum atomic E-state index is 14.6. The fourth-order valence-electron chi connectivity index (χ4n) is 6.85. The van der Waals surface area contributed by atoms with Crippen molar-refractivity contribution in [1.29, 1.82) is 0 Å². The van der Waals surface area contributed by atoms with Crippen LogP contribution in [0, 0.1) is 6.92 Å². The van der Waals surface area contributed by atoms with Gasteiger partial charge in [-0.2, -0.15) is 5.10 Å². The molecule has 0 radical (unpaired) electrons. The topological polar surface area (TPSA) is 108 Å². The molecule has 0 aliphatic carbocycles. The highest BCUT2D eigenvalue weighted by Gasteiger charge is 2.32. The van der Waals surface area contributed by atoms with Crippen LogP contribution in [0.5, 0.6) is 0 Å². The Bertz CT molecular complexity index is 2030. The van der Waals surface area contributed by atoms with Crippen molar-refractivity contribution in [3.8, 4) is 5.69 Å². The Morgan fingerprint density at radius 3 is 2.29 bits per heavy atom. The van der Waals surface area contributed by atoms with Gasteiger partial charge in [0, 0.05) is 31.0 Å². The molecule has 1 atom stereocenters. The van der Waals surface area contributed by atoms with Crippen molar-refractivity contribution < 1.29 is 19.5 Å². The van der Waals surface area contributed by atoms with Crippen LogP contribution in [-0.2, 0) is 24.2 Å². The van der Waals surface area contributed by atoms with E-state index < -0.39 is 6.04 Å². The van der Waals surface area contributed by atoms with E-state index in [-0.39, 0.29) is 30.7 Å². The number of fused-ring (bicyclic) bond motifs is 2. The summed E-state index contributed by atoms with van der Waals surface area (Å²) >= 11 is 0. The van der Waals surface area contributed by atoms with Crippen molar-refractivity contribution in [2.24, 2.45) is 0 Å². The molecule has 51 heavy (non-hydrogen) atoms. The van der Waals surface area contributed by atoms with E-state index in [0.29, 0.717) is 54.4 Å². The van der Waals surface area contributed by atoms with Gasteiger partial charge in [0.25, 0.3) is 11.8 Å². The highest BCUT2D eigenvalue weighted by atomic mass is 16.3. The summed E-state index contributed by atoms with van der Waals surface area (Å²) in [6.45, 7) is 7.56. The van der Waals surface area contributed by atoms with Gasteiger partial charge in [0.2, 0.25) is 5.91 Å². The van der Waals surface area contributed by atoms with Crippen molar-refractivity contribution >= 4 is 34.2 Å². The van der Waals surface area contributed by atoms with Gasteiger partial charge in [0.1, 0.15) is 0 Å². The van der Waals surface area contributed by atoms with Gasteiger partial charge in [-0.15, -0.1) is 0 Å². The number of nitrogens with zero attached hydrogens (tertiary/aromatic N) is 4. The monoisotopic (exact) mass is 685 g/mol. The van der Waals surface area contributed by atoms with Crippen LogP contribution in [0.2, 0.25) is 0 Å². The number of hydrogen-bond acceptors (Lipinski definition) is 5. The van der Waals surface area contributed by atoms with Gasteiger partial charge in [0.05, 0.1) is 30.3 Å². The number of anilines is 1. The first-order valence-electron chi connectivity index (χ1n) is 18.1. The summed E-state index contributed by atoms with van der Waals surface area (Å²) in [7, 11) is 0. The van der Waals surface area contributed by atoms with E-state index in [4.69, 9.17) is 5.10 Å². The number of hydrogen-bond donors (Lipinski definition) is 2.